The molecule has 0 atom stereocenters. The lowest BCUT2D eigenvalue weighted by Crippen LogP contribution is -2.32. The zero-order chi connectivity index (χ0) is 26.6. The van der Waals surface area contributed by atoms with Gasteiger partial charge in [0.2, 0.25) is 5.91 Å². The van der Waals surface area contributed by atoms with Crippen molar-refractivity contribution in [1.82, 2.24) is 9.62 Å². The molecule has 0 saturated heterocycles. The number of rotatable bonds is 9. The Balaban J connectivity index is 1.93. The molecule has 0 spiro atoms. The number of nitrogens with one attached hydrogen (secondary N) is 1. The number of amides is 1. The average Bonchev–Trinajstić information content (AvgIpc) is 2.78. The molecule has 0 aliphatic heterocycles. The van der Waals surface area contributed by atoms with E-state index >= 15 is 0 Å². The van der Waals surface area contributed by atoms with E-state index in [1.807, 2.05) is 31.1 Å². The number of carbonyl (C=O) groups is 1. The molecule has 0 aromatic heterocycles. The van der Waals surface area contributed by atoms with Gasteiger partial charge in [-0.25, -0.2) is 13.1 Å². The minimum Gasteiger partial charge on any atom is -0.305 e. The molecule has 6 heteroatoms. The summed E-state index contributed by atoms with van der Waals surface area (Å²) in [5.41, 5.74) is 7.52. The fourth-order valence-electron chi connectivity index (χ4n) is 4.55. The number of aryl methyl sites for hydroxylation is 1. The first-order chi connectivity index (χ1) is 16.9. The molecule has 192 valence electrons. The molecule has 0 fully saturated rings. The van der Waals surface area contributed by atoms with E-state index in [-0.39, 0.29) is 23.2 Å². The molecule has 0 aliphatic carbocycles. The van der Waals surface area contributed by atoms with Crippen molar-refractivity contribution in [1.29, 1.82) is 0 Å². The smallest absolute Gasteiger partial charge is 0.264 e. The van der Waals surface area contributed by atoms with Crippen LogP contribution < -0.4 is 4.72 Å². The van der Waals surface area contributed by atoms with E-state index in [2.05, 4.69) is 63.6 Å². The Morgan fingerprint density at radius 3 is 1.94 bits per heavy atom. The van der Waals surface area contributed by atoms with Gasteiger partial charge < -0.3 is 4.90 Å². The third-order valence-electron chi connectivity index (χ3n) is 6.34. The average molecular weight is 507 g/mol. The minimum absolute atomic E-state index is 0.00697. The van der Waals surface area contributed by atoms with Gasteiger partial charge in [-0.05, 0) is 83.9 Å². The zero-order valence-corrected chi connectivity index (χ0v) is 23.2. The summed E-state index contributed by atoms with van der Waals surface area (Å²) in [5.74, 6) is -0.176. The van der Waals surface area contributed by atoms with Crippen LogP contribution in [0.4, 0.5) is 0 Å². The van der Waals surface area contributed by atoms with E-state index in [1.165, 1.54) is 5.56 Å². The molecule has 3 rings (SSSR count). The number of hydrogen-bond donors (Lipinski definition) is 1. The predicted octanol–water partition coefficient (Wildman–Crippen LogP) is 6.02. The second kappa shape index (κ2) is 11.4. The lowest BCUT2D eigenvalue weighted by atomic mass is 9.83. The Labute approximate surface area is 216 Å². The SMILES string of the molecule is Cc1ccccc1-c1cc(C(C)C)c(CC(=O)NS(=O)(=O)c2ccc(CN(C)C)cc2)c(C(C)C)c1. The Kier molecular flexibility index (Phi) is 8.75. The van der Waals surface area contributed by atoms with Gasteiger partial charge in [0.1, 0.15) is 0 Å². The molecule has 1 amide bonds. The monoisotopic (exact) mass is 506 g/mol. The van der Waals surface area contributed by atoms with Crippen molar-refractivity contribution in [2.75, 3.05) is 14.1 Å². The Hall–Kier alpha value is -2.96. The largest absolute Gasteiger partial charge is 0.305 e. The highest BCUT2D eigenvalue weighted by Gasteiger charge is 2.23. The summed E-state index contributed by atoms with van der Waals surface area (Å²) >= 11 is 0. The molecule has 0 bridgehead atoms. The Morgan fingerprint density at radius 2 is 1.44 bits per heavy atom. The topological polar surface area (TPSA) is 66.5 Å². The van der Waals surface area contributed by atoms with Crippen molar-refractivity contribution in [2.45, 2.75) is 64.3 Å². The van der Waals surface area contributed by atoms with Crippen LogP contribution in [0, 0.1) is 6.92 Å². The maximum absolute atomic E-state index is 13.1. The maximum atomic E-state index is 13.1. The van der Waals surface area contributed by atoms with Crippen LogP contribution in [0.5, 0.6) is 0 Å². The van der Waals surface area contributed by atoms with Gasteiger partial charge in [0.15, 0.2) is 0 Å². The van der Waals surface area contributed by atoms with Crippen LogP contribution in [-0.2, 0) is 27.8 Å². The minimum atomic E-state index is -3.96. The number of sulfonamides is 1. The number of hydrogen-bond acceptors (Lipinski definition) is 4. The molecule has 0 saturated carbocycles. The summed E-state index contributed by atoms with van der Waals surface area (Å²) in [6.45, 7) is 11.2. The van der Waals surface area contributed by atoms with E-state index in [4.69, 9.17) is 0 Å². The Morgan fingerprint density at radius 1 is 0.889 bits per heavy atom. The number of nitrogens with zero attached hydrogens (tertiary/aromatic N) is 1. The van der Waals surface area contributed by atoms with Crippen molar-refractivity contribution < 1.29 is 13.2 Å². The highest BCUT2D eigenvalue weighted by atomic mass is 32.2. The quantitative estimate of drug-likeness (QED) is 0.385. The summed E-state index contributed by atoms with van der Waals surface area (Å²) in [6.07, 6.45) is 0.00697. The van der Waals surface area contributed by atoms with Gasteiger partial charge in [-0.3, -0.25) is 4.79 Å². The lowest BCUT2D eigenvalue weighted by Gasteiger charge is -2.22. The highest BCUT2D eigenvalue weighted by molar-refractivity contribution is 7.90. The van der Waals surface area contributed by atoms with Crippen molar-refractivity contribution in [3.05, 3.63) is 88.5 Å². The van der Waals surface area contributed by atoms with Gasteiger partial charge in [-0.1, -0.05) is 76.2 Å². The van der Waals surface area contributed by atoms with Gasteiger partial charge in [-0.15, -0.1) is 0 Å². The van der Waals surface area contributed by atoms with E-state index in [0.717, 1.165) is 33.4 Å². The fourth-order valence-corrected chi connectivity index (χ4v) is 5.53. The standard InChI is InChI=1S/C30H38N2O3S/c1-20(2)27-16-24(26-11-9-8-10-22(26)5)17-28(21(3)4)29(27)18-30(33)31-36(34,35)25-14-12-23(13-15-25)19-32(6)7/h8-17,20-21H,18-19H2,1-7H3,(H,31,33). The van der Waals surface area contributed by atoms with Gasteiger partial charge in [-0.2, -0.15) is 0 Å². The van der Waals surface area contributed by atoms with Crippen molar-refractivity contribution in [3.8, 4) is 11.1 Å². The van der Waals surface area contributed by atoms with Crippen LogP contribution in [0.3, 0.4) is 0 Å². The highest BCUT2D eigenvalue weighted by Crippen LogP contribution is 2.35. The van der Waals surface area contributed by atoms with Crippen LogP contribution in [0.1, 0.15) is 67.3 Å². The first kappa shape index (κ1) is 27.6. The van der Waals surface area contributed by atoms with Gasteiger partial charge in [0.25, 0.3) is 10.0 Å². The van der Waals surface area contributed by atoms with Crippen LogP contribution in [0.25, 0.3) is 11.1 Å². The molecule has 0 aliphatic rings. The van der Waals surface area contributed by atoms with Crippen LogP contribution in [0.2, 0.25) is 0 Å². The van der Waals surface area contributed by atoms with E-state index in [0.29, 0.717) is 6.54 Å². The van der Waals surface area contributed by atoms with E-state index in [9.17, 15) is 13.2 Å². The van der Waals surface area contributed by atoms with Crippen LogP contribution in [-0.4, -0.2) is 33.3 Å². The third-order valence-corrected chi connectivity index (χ3v) is 7.73. The second-order valence-corrected chi connectivity index (χ2v) is 12.0. The van der Waals surface area contributed by atoms with E-state index in [1.54, 1.807) is 24.3 Å². The summed E-state index contributed by atoms with van der Waals surface area (Å²) in [4.78, 5) is 15.2. The van der Waals surface area contributed by atoms with Gasteiger partial charge in [0.05, 0.1) is 11.3 Å². The molecule has 0 heterocycles. The number of carbonyl (C=O) groups excluding carboxylic acids is 1. The normalized spacial score (nSPS) is 11.9. The maximum Gasteiger partial charge on any atom is 0.264 e. The third kappa shape index (κ3) is 6.62. The van der Waals surface area contributed by atoms with Crippen molar-refractivity contribution in [2.24, 2.45) is 0 Å². The molecule has 5 nitrogen and oxygen atoms in total. The molecule has 0 radical (unpaired) electrons. The predicted molar refractivity (Wildman–Crippen MR) is 148 cm³/mol. The fraction of sp³-hybridized carbons (Fsp3) is 0.367. The molecule has 1 N–H and O–H groups in total. The molecule has 3 aromatic rings. The Bertz CT molecular complexity index is 1300. The molecule has 36 heavy (non-hydrogen) atoms. The van der Waals surface area contributed by atoms with Crippen molar-refractivity contribution >= 4 is 15.9 Å². The summed E-state index contributed by atoms with van der Waals surface area (Å²) in [6, 6.07) is 19.2. The first-order valence-corrected chi connectivity index (χ1v) is 13.9. The van der Waals surface area contributed by atoms with Crippen molar-refractivity contribution in [3.63, 3.8) is 0 Å². The molecular formula is C30H38N2O3S. The molecular weight excluding hydrogens is 468 g/mol. The lowest BCUT2D eigenvalue weighted by molar-refractivity contribution is -0.118. The first-order valence-electron chi connectivity index (χ1n) is 12.4. The van der Waals surface area contributed by atoms with Crippen LogP contribution >= 0.6 is 0 Å². The van der Waals surface area contributed by atoms with Gasteiger partial charge in [0, 0.05) is 6.54 Å². The molecule has 3 aromatic carbocycles. The van der Waals surface area contributed by atoms with E-state index < -0.39 is 15.9 Å². The second-order valence-electron chi connectivity index (χ2n) is 10.3. The summed E-state index contributed by atoms with van der Waals surface area (Å²) in [5, 5.41) is 0. The summed E-state index contributed by atoms with van der Waals surface area (Å²) in [7, 11) is -0.0537. The van der Waals surface area contributed by atoms with Crippen LogP contribution in [0.15, 0.2) is 65.6 Å². The summed E-state index contributed by atoms with van der Waals surface area (Å²) < 4.78 is 28.2. The zero-order valence-electron chi connectivity index (χ0n) is 22.4. The number of benzene rings is 3. The van der Waals surface area contributed by atoms with Gasteiger partial charge >= 0.3 is 0 Å². The molecule has 0 unspecified atom stereocenters.